The molecule has 2 aromatic carbocycles. The Kier molecular flexibility index (Phi) is 6.65. The Labute approximate surface area is 168 Å². The van der Waals surface area contributed by atoms with E-state index in [1.807, 2.05) is 0 Å². The number of nitrogens with zero attached hydrogens (tertiary/aromatic N) is 1. The monoisotopic (exact) mass is 404 g/mol. The zero-order valence-corrected chi connectivity index (χ0v) is 16.3. The van der Waals surface area contributed by atoms with Gasteiger partial charge in [-0.15, -0.1) is 0 Å². The Bertz CT molecular complexity index is 837. The summed E-state index contributed by atoms with van der Waals surface area (Å²) in [7, 11) is 1.32. The second-order valence-electron chi connectivity index (χ2n) is 6.83. The zero-order valence-electron chi connectivity index (χ0n) is 15.6. The summed E-state index contributed by atoms with van der Waals surface area (Å²) >= 11 is 6.12. The molecule has 1 atom stereocenters. The Morgan fingerprint density at radius 2 is 2.00 bits per heavy atom. The van der Waals surface area contributed by atoms with Crippen molar-refractivity contribution in [1.82, 2.24) is 4.90 Å². The Balaban J connectivity index is 1.60. The molecular formula is C21H22ClFN2O3. The van der Waals surface area contributed by atoms with Gasteiger partial charge in [-0.2, -0.15) is 0 Å². The minimum absolute atomic E-state index is 0.0878. The number of hydrogen-bond acceptors (Lipinski definition) is 4. The topological polar surface area (TPSA) is 58.6 Å². The number of anilines is 1. The summed E-state index contributed by atoms with van der Waals surface area (Å²) in [5, 5.41) is 3.29. The minimum atomic E-state index is -0.424. The van der Waals surface area contributed by atoms with Crippen LogP contribution in [0.5, 0.6) is 0 Å². The third-order valence-electron chi connectivity index (χ3n) is 4.89. The Morgan fingerprint density at radius 3 is 2.68 bits per heavy atom. The van der Waals surface area contributed by atoms with E-state index in [-0.39, 0.29) is 17.6 Å². The quantitative estimate of drug-likeness (QED) is 0.762. The average molecular weight is 405 g/mol. The second kappa shape index (κ2) is 9.17. The highest BCUT2D eigenvalue weighted by Crippen LogP contribution is 2.25. The van der Waals surface area contributed by atoms with Crippen LogP contribution in [0.3, 0.4) is 0 Å². The lowest BCUT2D eigenvalue weighted by Crippen LogP contribution is -2.40. The number of carbonyl (C=O) groups is 2. The summed E-state index contributed by atoms with van der Waals surface area (Å²) < 4.78 is 18.7. The molecule has 0 saturated carbocycles. The minimum Gasteiger partial charge on any atom is -0.465 e. The number of ether oxygens (including phenoxy) is 1. The fraction of sp³-hybridized carbons (Fsp3) is 0.333. The molecule has 1 saturated heterocycles. The number of esters is 1. The fourth-order valence-corrected chi connectivity index (χ4v) is 3.59. The van der Waals surface area contributed by atoms with Crippen LogP contribution in [0.2, 0.25) is 5.02 Å². The average Bonchev–Trinajstić information content (AvgIpc) is 2.71. The standard InChI is InChI=1S/C21H22ClFN2O3/c1-28-21(27)14-7-9-16(10-8-14)24-20(26)15-4-3-11-25(12-15)13-17-18(22)5-2-6-19(17)23/h2,5-10,15H,3-4,11-13H2,1H3,(H,24,26). The number of piperidine rings is 1. The predicted octanol–water partition coefficient (Wildman–Crippen LogP) is 4.12. The highest BCUT2D eigenvalue weighted by Gasteiger charge is 2.27. The summed E-state index contributed by atoms with van der Waals surface area (Å²) in [5.41, 5.74) is 1.50. The molecule has 7 heteroatoms. The van der Waals surface area contributed by atoms with Crippen LogP contribution in [-0.4, -0.2) is 37.0 Å². The Morgan fingerprint density at radius 1 is 1.25 bits per heavy atom. The van der Waals surface area contributed by atoms with Crippen molar-refractivity contribution >= 4 is 29.2 Å². The van der Waals surface area contributed by atoms with Crippen LogP contribution in [0, 0.1) is 11.7 Å². The summed E-state index contributed by atoms with van der Waals surface area (Å²) in [6, 6.07) is 11.2. The highest BCUT2D eigenvalue weighted by atomic mass is 35.5. The maximum Gasteiger partial charge on any atom is 0.337 e. The van der Waals surface area contributed by atoms with Crippen molar-refractivity contribution in [3.63, 3.8) is 0 Å². The highest BCUT2D eigenvalue weighted by molar-refractivity contribution is 6.31. The molecule has 1 aliphatic rings. The van der Waals surface area contributed by atoms with Gasteiger partial charge >= 0.3 is 5.97 Å². The summed E-state index contributed by atoms with van der Waals surface area (Å²) in [6.07, 6.45) is 1.62. The molecular weight excluding hydrogens is 383 g/mol. The van der Waals surface area contributed by atoms with E-state index in [9.17, 15) is 14.0 Å². The number of likely N-dealkylation sites (tertiary alicyclic amines) is 1. The summed E-state index contributed by atoms with van der Waals surface area (Å²) in [6.45, 7) is 1.71. The normalized spacial score (nSPS) is 17.2. The van der Waals surface area contributed by atoms with Crippen LogP contribution >= 0.6 is 11.6 Å². The molecule has 0 radical (unpaired) electrons. The molecule has 148 valence electrons. The van der Waals surface area contributed by atoms with Crippen molar-refractivity contribution in [2.45, 2.75) is 19.4 Å². The Hall–Kier alpha value is -2.44. The molecule has 1 heterocycles. The maximum atomic E-state index is 14.0. The van der Waals surface area contributed by atoms with Crippen LogP contribution in [0.1, 0.15) is 28.8 Å². The molecule has 2 aromatic rings. The molecule has 1 unspecified atom stereocenters. The first-order valence-electron chi connectivity index (χ1n) is 9.12. The van der Waals surface area contributed by atoms with E-state index in [4.69, 9.17) is 11.6 Å². The number of methoxy groups -OCH3 is 1. The fourth-order valence-electron chi connectivity index (χ4n) is 3.37. The molecule has 0 aliphatic carbocycles. The van der Waals surface area contributed by atoms with Crippen LogP contribution < -0.4 is 5.32 Å². The van der Waals surface area contributed by atoms with Crippen molar-refractivity contribution in [3.8, 4) is 0 Å². The van der Waals surface area contributed by atoms with Crippen LogP contribution in [0.4, 0.5) is 10.1 Å². The van der Waals surface area contributed by atoms with Gasteiger partial charge in [-0.05, 0) is 55.8 Å². The SMILES string of the molecule is COC(=O)c1ccc(NC(=O)C2CCCN(Cc3c(F)cccc3Cl)C2)cc1. The van der Waals surface area contributed by atoms with Crippen LogP contribution in [-0.2, 0) is 16.1 Å². The van der Waals surface area contributed by atoms with Gasteiger partial charge in [0.15, 0.2) is 0 Å². The van der Waals surface area contributed by atoms with Crippen molar-refractivity contribution < 1.29 is 18.7 Å². The van der Waals surface area contributed by atoms with E-state index < -0.39 is 5.97 Å². The van der Waals surface area contributed by atoms with Gasteiger partial charge in [0.1, 0.15) is 5.82 Å². The molecule has 3 rings (SSSR count). The lowest BCUT2D eigenvalue weighted by Gasteiger charge is -2.32. The van der Waals surface area contributed by atoms with E-state index in [0.29, 0.717) is 34.9 Å². The number of benzene rings is 2. The summed E-state index contributed by atoms with van der Waals surface area (Å²) in [5.74, 6) is -1.04. The molecule has 1 amide bonds. The zero-order chi connectivity index (χ0) is 20.1. The van der Waals surface area contributed by atoms with Gasteiger partial charge in [-0.25, -0.2) is 9.18 Å². The van der Waals surface area contributed by atoms with Crippen LogP contribution in [0.15, 0.2) is 42.5 Å². The first-order valence-corrected chi connectivity index (χ1v) is 9.50. The van der Waals surface area contributed by atoms with E-state index in [1.165, 1.54) is 13.2 Å². The summed E-state index contributed by atoms with van der Waals surface area (Å²) in [4.78, 5) is 26.2. The molecule has 0 aromatic heterocycles. The first kappa shape index (κ1) is 20.3. The van der Waals surface area contributed by atoms with E-state index in [1.54, 1.807) is 36.4 Å². The number of amides is 1. The molecule has 1 fully saturated rings. The third-order valence-corrected chi connectivity index (χ3v) is 5.25. The number of nitrogens with one attached hydrogen (secondary N) is 1. The lowest BCUT2D eigenvalue weighted by atomic mass is 9.96. The van der Waals surface area contributed by atoms with Gasteiger partial charge < -0.3 is 10.1 Å². The van der Waals surface area contributed by atoms with Gasteiger partial charge in [-0.3, -0.25) is 9.69 Å². The molecule has 5 nitrogen and oxygen atoms in total. The number of hydrogen-bond donors (Lipinski definition) is 1. The van der Waals surface area contributed by atoms with E-state index >= 15 is 0 Å². The van der Waals surface area contributed by atoms with Gasteiger partial charge in [0.25, 0.3) is 0 Å². The molecule has 28 heavy (non-hydrogen) atoms. The molecule has 0 bridgehead atoms. The molecule has 0 spiro atoms. The van der Waals surface area contributed by atoms with Crippen molar-refractivity contribution in [2.24, 2.45) is 5.92 Å². The molecule has 1 aliphatic heterocycles. The van der Waals surface area contributed by atoms with E-state index in [2.05, 4.69) is 15.0 Å². The maximum absolute atomic E-state index is 14.0. The van der Waals surface area contributed by atoms with Crippen molar-refractivity contribution in [2.75, 3.05) is 25.5 Å². The number of halogens is 2. The van der Waals surface area contributed by atoms with Crippen LogP contribution in [0.25, 0.3) is 0 Å². The van der Waals surface area contributed by atoms with Gasteiger partial charge in [-0.1, -0.05) is 17.7 Å². The van der Waals surface area contributed by atoms with E-state index in [0.717, 1.165) is 19.4 Å². The first-order chi connectivity index (χ1) is 13.5. The lowest BCUT2D eigenvalue weighted by molar-refractivity contribution is -0.121. The number of rotatable bonds is 5. The smallest absolute Gasteiger partial charge is 0.337 e. The third kappa shape index (κ3) is 4.88. The molecule has 1 N–H and O–H groups in total. The second-order valence-corrected chi connectivity index (χ2v) is 7.24. The van der Waals surface area contributed by atoms with Gasteiger partial charge in [0, 0.05) is 29.4 Å². The largest absolute Gasteiger partial charge is 0.465 e. The van der Waals surface area contributed by atoms with Crippen molar-refractivity contribution in [1.29, 1.82) is 0 Å². The van der Waals surface area contributed by atoms with Crippen molar-refractivity contribution in [3.05, 3.63) is 64.4 Å². The number of carbonyl (C=O) groups excluding carboxylic acids is 2. The van der Waals surface area contributed by atoms with Gasteiger partial charge in [0.2, 0.25) is 5.91 Å². The van der Waals surface area contributed by atoms with Gasteiger partial charge in [0.05, 0.1) is 18.6 Å². The predicted molar refractivity (Wildman–Crippen MR) is 106 cm³/mol.